The lowest BCUT2D eigenvalue weighted by Gasteiger charge is -2.44. The van der Waals surface area contributed by atoms with Gasteiger partial charge in [0.2, 0.25) is 5.91 Å². The first-order valence-corrected chi connectivity index (χ1v) is 12.0. The molecule has 1 atom stereocenters. The summed E-state index contributed by atoms with van der Waals surface area (Å²) < 4.78 is 7.05. The summed E-state index contributed by atoms with van der Waals surface area (Å²) >= 11 is 0. The van der Waals surface area contributed by atoms with Crippen LogP contribution in [0.3, 0.4) is 0 Å². The lowest BCUT2D eigenvalue weighted by molar-refractivity contribution is -0.133. The van der Waals surface area contributed by atoms with E-state index >= 15 is 0 Å². The van der Waals surface area contributed by atoms with E-state index in [0.29, 0.717) is 5.75 Å². The molecular weight excluding hydrogens is 434 g/mol. The molecule has 1 aromatic heterocycles. The Morgan fingerprint density at radius 3 is 2.62 bits per heavy atom. The molecule has 9 heteroatoms. The molecule has 2 saturated carbocycles. The number of hydrogen-bond acceptors (Lipinski definition) is 5. The molecule has 0 saturated heterocycles. The number of hydrogen-bond donors (Lipinski definition) is 2. The highest BCUT2D eigenvalue weighted by Crippen LogP contribution is 2.39. The number of fused-ring (bicyclic) bond motifs is 1. The molecule has 180 valence electrons. The molecule has 9 nitrogen and oxygen atoms in total. The van der Waals surface area contributed by atoms with Crippen LogP contribution in [0.25, 0.3) is 0 Å². The van der Waals surface area contributed by atoms with Crippen LogP contribution in [-0.4, -0.2) is 56.9 Å². The molecule has 2 aliphatic carbocycles. The number of benzene rings is 1. The van der Waals surface area contributed by atoms with Crippen molar-refractivity contribution >= 4 is 17.7 Å². The average Bonchev–Trinajstić information content (AvgIpc) is 3.34. The number of carbonyl (C=O) groups excluding carboxylic acids is 3. The Balaban J connectivity index is 1.39. The largest absolute Gasteiger partial charge is 0.496 e. The first-order chi connectivity index (χ1) is 16.4. The SMILES string of the molecule is COc1ccccc1CNC(=O)C1(C)Cn2cnc(C(=O)NC3CCCC3)c2C(=O)N1C1CC1. The van der Waals surface area contributed by atoms with Crippen molar-refractivity contribution in [3.8, 4) is 5.75 Å². The van der Waals surface area contributed by atoms with E-state index < -0.39 is 5.54 Å². The van der Waals surface area contributed by atoms with Crippen LogP contribution in [-0.2, 0) is 17.9 Å². The van der Waals surface area contributed by atoms with E-state index in [-0.39, 0.29) is 54.3 Å². The number of rotatable bonds is 7. The number of aromatic nitrogens is 2. The molecule has 0 radical (unpaired) electrons. The zero-order valence-corrected chi connectivity index (χ0v) is 19.7. The lowest BCUT2D eigenvalue weighted by Crippen LogP contribution is -2.64. The number of para-hydroxylation sites is 1. The first kappa shape index (κ1) is 22.4. The summed E-state index contributed by atoms with van der Waals surface area (Å²) in [7, 11) is 1.59. The predicted octanol–water partition coefficient (Wildman–Crippen LogP) is 2.26. The molecular formula is C25H31N5O4. The van der Waals surface area contributed by atoms with Crippen LogP contribution in [0.4, 0.5) is 0 Å². The van der Waals surface area contributed by atoms with Gasteiger partial charge in [0.1, 0.15) is 17.0 Å². The number of methoxy groups -OCH3 is 1. The molecule has 2 aromatic rings. The molecule has 3 aliphatic rings. The topological polar surface area (TPSA) is 106 Å². The number of nitrogens with one attached hydrogen (secondary N) is 2. The summed E-state index contributed by atoms with van der Waals surface area (Å²) in [5, 5.41) is 6.03. The van der Waals surface area contributed by atoms with Crippen molar-refractivity contribution in [3.05, 3.63) is 47.5 Å². The smallest absolute Gasteiger partial charge is 0.274 e. The van der Waals surface area contributed by atoms with Crippen molar-refractivity contribution < 1.29 is 19.1 Å². The highest BCUT2D eigenvalue weighted by molar-refractivity contribution is 6.07. The van der Waals surface area contributed by atoms with Crippen LogP contribution in [0.15, 0.2) is 30.6 Å². The first-order valence-electron chi connectivity index (χ1n) is 12.0. The zero-order valence-electron chi connectivity index (χ0n) is 19.7. The Labute approximate surface area is 198 Å². The van der Waals surface area contributed by atoms with Crippen LogP contribution >= 0.6 is 0 Å². The van der Waals surface area contributed by atoms with Gasteiger partial charge in [-0.15, -0.1) is 0 Å². The van der Waals surface area contributed by atoms with E-state index in [9.17, 15) is 14.4 Å². The summed E-state index contributed by atoms with van der Waals surface area (Å²) in [6.45, 7) is 2.32. The fourth-order valence-corrected chi connectivity index (χ4v) is 5.26. The molecule has 0 spiro atoms. The molecule has 34 heavy (non-hydrogen) atoms. The van der Waals surface area contributed by atoms with E-state index in [0.717, 1.165) is 44.1 Å². The molecule has 5 rings (SSSR count). The predicted molar refractivity (Wildman–Crippen MR) is 124 cm³/mol. The second-order valence-electron chi connectivity index (χ2n) is 9.70. The minimum Gasteiger partial charge on any atom is -0.496 e. The maximum atomic E-state index is 13.7. The molecule has 2 fully saturated rings. The molecule has 3 amide bonds. The number of carbonyl (C=O) groups is 3. The van der Waals surface area contributed by atoms with Gasteiger partial charge >= 0.3 is 0 Å². The third-order valence-electron chi connectivity index (χ3n) is 7.21. The summed E-state index contributed by atoms with van der Waals surface area (Å²) in [6.07, 6.45) is 7.30. The molecule has 1 aromatic carbocycles. The van der Waals surface area contributed by atoms with Gasteiger partial charge in [-0.05, 0) is 38.7 Å². The van der Waals surface area contributed by atoms with Gasteiger partial charge in [-0.1, -0.05) is 31.0 Å². The second-order valence-corrected chi connectivity index (χ2v) is 9.70. The van der Waals surface area contributed by atoms with Crippen LogP contribution in [0, 0.1) is 0 Å². The van der Waals surface area contributed by atoms with E-state index in [1.165, 1.54) is 6.33 Å². The fraction of sp³-hybridized carbons (Fsp3) is 0.520. The lowest BCUT2D eigenvalue weighted by atomic mass is 9.93. The van der Waals surface area contributed by atoms with Crippen molar-refractivity contribution in [2.24, 2.45) is 0 Å². The van der Waals surface area contributed by atoms with Crippen molar-refractivity contribution in [2.45, 2.75) is 76.2 Å². The Morgan fingerprint density at radius 1 is 1.18 bits per heavy atom. The molecule has 2 N–H and O–H groups in total. The van der Waals surface area contributed by atoms with Gasteiger partial charge < -0.3 is 24.8 Å². The van der Waals surface area contributed by atoms with Crippen LogP contribution in [0.1, 0.15) is 72.0 Å². The Hall–Kier alpha value is -3.36. The van der Waals surface area contributed by atoms with Crippen LogP contribution in [0.5, 0.6) is 5.75 Å². The maximum Gasteiger partial charge on any atom is 0.274 e. The summed E-state index contributed by atoms with van der Waals surface area (Å²) in [5.74, 6) is -0.164. The normalized spacial score (nSPS) is 22.4. The number of amides is 3. The van der Waals surface area contributed by atoms with Crippen molar-refractivity contribution in [2.75, 3.05) is 7.11 Å². The Morgan fingerprint density at radius 2 is 1.91 bits per heavy atom. The Bertz CT molecular complexity index is 1120. The van der Waals surface area contributed by atoms with E-state index in [4.69, 9.17) is 4.74 Å². The number of nitrogens with zero attached hydrogens (tertiary/aromatic N) is 3. The highest BCUT2D eigenvalue weighted by atomic mass is 16.5. The molecule has 0 bridgehead atoms. The third kappa shape index (κ3) is 3.93. The van der Waals surface area contributed by atoms with Crippen LogP contribution < -0.4 is 15.4 Å². The Kier molecular flexibility index (Phi) is 5.79. The minimum absolute atomic E-state index is 0.0103. The quantitative estimate of drug-likeness (QED) is 0.653. The van der Waals surface area contributed by atoms with Gasteiger partial charge in [0.15, 0.2) is 5.69 Å². The second kappa shape index (κ2) is 8.77. The van der Waals surface area contributed by atoms with Gasteiger partial charge in [0, 0.05) is 24.2 Å². The molecule has 1 unspecified atom stereocenters. The van der Waals surface area contributed by atoms with E-state index in [1.54, 1.807) is 23.5 Å². The summed E-state index contributed by atoms with van der Waals surface area (Å²) in [5.41, 5.74) is 0.195. The van der Waals surface area contributed by atoms with Crippen LogP contribution in [0.2, 0.25) is 0 Å². The van der Waals surface area contributed by atoms with Gasteiger partial charge in [0.05, 0.1) is 20.0 Å². The van der Waals surface area contributed by atoms with Gasteiger partial charge in [-0.2, -0.15) is 0 Å². The van der Waals surface area contributed by atoms with Gasteiger partial charge in [0.25, 0.3) is 11.8 Å². The standard InChI is InChI=1S/C25H31N5O4/c1-25(24(33)26-13-16-7-3-6-10-19(16)34-2)14-29-15-27-20(22(31)28-17-8-4-5-9-17)21(29)23(32)30(25)18-11-12-18/h3,6-7,10,15,17-18H,4-5,8-9,11-14H2,1-2H3,(H,26,33)(H,28,31). The summed E-state index contributed by atoms with van der Waals surface area (Å²) in [6, 6.07) is 7.64. The summed E-state index contributed by atoms with van der Waals surface area (Å²) in [4.78, 5) is 46.1. The maximum absolute atomic E-state index is 13.7. The number of ether oxygens (including phenoxy) is 1. The average molecular weight is 466 g/mol. The highest BCUT2D eigenvalue weighted by Gasteiger charge is 2.53. The molecule has 1 aliphatic heterocycles. The minimum atomic E-state index is -1.09. The van der Waals surface area contributed by atoms with Gasteiger partial charge in [-0.25, -0.2) is 4.98 Å². The zero-order chi connectivity index (χ0) is 23.9. The number of imidazole rings is 1. The van der Waals surface area contributed by atoms with E-state index in [1.807, 2.05) is 24.3 Å². The monoisotopic (exact) mass is 465 g/mol. The third-order valence-corrected chi connectivity index (χ3v) is 7.21. The van der Waals surface area contributed by atoms with Gasteiger partial charge in [-0.3, -0.25) is 14.4 Å². The van der Waals surface area contributed by atoms with E-state index in [2.05, 4.69) is 15.6 Å². The van der Waals surface area contributed by atoms with Crippen molar-refractivity contribution in [1.82, 2.24) is 25.1 Å². The van der Waals surface area contributed by atoms with Crippen molar-refractivity contribution in [3.63, 3.8) is 0 Å². The molecule has 2 heterocycles. The fourth-order valence-electron chi connectivity index (χ4n) is 5.26. The van der Waals surface area contributed by atoms with Crippen molar-refractivity contribution in [1.29, 1.82) is 0 Å².